The Bertz CT molecular complexity index is 1400. The van der Waals surface area contributed by atoms with E-state index in [0.717, 1.165) is 21.8 Å². The van der Waals surface area contributed by atoms with E-state index in [9.17, 15) is 0 Å². The fraction of sp³-hybridized carbons (Fsp3) is 0.130. The minimum atomic E-state index is 0.264. The van der Waals surface area contributed by atoms with Crippen LogP contribution in [0.15, 0.2) is 66.9 Å². The molecule has 0 fully saturated rings. The average Bonchev–Trinajstić information content (AvgIpc) is 3.25. The van der Waals surface area contributed by atoms with Gasteiger partial charge in [-0.15, -0.1) is 5.10 Å². The molecule has 2 aromatic carbocycles. The molecule has 9 heteroatoms. The molecule has 0 unspecified atom stereocenters. The van der Waals surface area contributed by atoms with Crippen molar-refractivity contribution in [2.75, 3.05) is 18.1 Å². The molecule has 5 aromatic rings. The minimum absolute atomic E-state index is 0.264. The summed E-state index contributed by atoms with van der Waals surface area (Å²) < 4.78 is 13.6. The van der Waals surface area contributed by atoms with Crippen LogP contribution in [0.5, 0.6) is 11.5 Å². The van der Waals surface area contributed by atoms with Crippen LogP contribution in [0, 0.1) is 0 Å². The smallest absolute Gasteiger partial charge is 0.134 e. The third-order valence-corrected chi connectivity index (χ3v) is 4.94. The van der Waals surface area contributed by atoms with E-state index in [0.29, 0.717) is 42.0 Å². The molecule has 3 heterocycles. The number of para-hydroxylation sites is 2. The molecule has 0 aliphatic heterocycles. The molecule has 0 aliphatic rings. The van der Waals surface area contributed by atoms with Gasteiger partial charge in [0.1, 0.15) is 42.0 Å². The summed E-state index contributed by atoms with van der Waals surface area (Å²) in [7, 11) is 0. The van der Waals surface area contributed by atoms with Crippen molar-refractivity contribution in [3.63, 3.8) is 0 Å². The summed E-state index contributed by atoms with van der Waals surface area (Å²) in [4.78, 5) is 8.64. The van der Waals surface area contributed by atoms with Crippen molar-refractivity contribution < 1.29 is 9.47 Å². The SMILES string of the molecule is Nc1cc(OCCn2cc(COc3cc(N)nc4ccccc34)nn2)c2ccccc2n1. The molecule has 0 saturated carbocycles. The Morgan fingerprint density at radius 3 is 2.03 bits per heavy atom. The summed E-state index contributed by atoms with van der Waals surface area (Å²) in [6, 6.07) is 18.9. The van der Waals surface area contributed by atoms with Crippen LogP contribution in [0.1, 0.15) is 5.69 Å². The third kappa shape index (κ3) is 4.08. The fourth-order valence-electron chi connectivity index (χ4n) is 3.48. The number of anilines is 2. The first-order chi connectivity index (χ1) is 15.7. The molecular weight excluding hydrogens is 406 g/mol. The highest BCUT2D eigenvalue weighted by atomic mass is 16.5. The molecule has 0 amide bonds. The van der Waals surface area contributed by atoms with Gasteiger partial charge < -0.3 is 20.9 Å². The molecule has 32 heavy (non-hydrogen) atoms. The Labute approximate surface area is 183 Å². The first-order valence-electron chi connectivity index (χ1n) is 10.1. The number of hydrogen-bond donors (Lipinski definition) is 2. The maximum atomic E-state index is 5.95. The summed E-state index contributed by atoms with van der Waals surface area (Å²) >= 11 is 0. The second-order valence-electron chi connectivity index (χ2n) is 7.23. The van der Waals surface area contributed by atoms with Crippen LogP contribution >= 0.6 is 0 Å². The highest BCUT2D eigenvalue weighted by Crippen LogP contribution is 2.27. The predicted molar refractivity (Wildman–Crippen MR) is 122 cm³/mol. The lowest BCUT2D eigenvalue weighted by Gasteiger charge is -2.10. The summed E-state index contributed by atoms with van der Waals surface area (Å²) in [6.07, 6.45) is 1.83. The number of fused-ring (bicyclic) bond motifs is 2. The van der Waals surface area contributed by atoms with Crippen molar-refractivity contribution in [1.29, 1.82) is 0 Å². The predicted octanol–water partition coefficient (Wildman–Crippen LogP) is 3.20. The monoisotopic (exact) mass is 427 g/mol. The van der Waals surface area contributed by atoms with E-state index in [1.54, 1.807) is 16.8 Å². The lowest BCUT2D eigenvalue weighted by molar-refractivity contribution is 0.292. The van der Waals surface area contributed by atoms with Gasteiger partial charge in [-0.3, -0.25) is 0 Å². The lowest BCUT2D eigenvalue weighted by atomic mass is 10.2. The Kier molecular flexibility index (Phi) is 5.12. The van der Waals surface area contributed by atoms with Gasteiger partial charge in [0, 0.05) is 22.9 Å². The Morgan fingerprint density at radius 2 is 1.38 bits per heavy atom. The largest absolute Gasteiger partial charge is 0.491 e. The molecule has 0 atom stereocenters. The zero-order valence-electron chi connectivity index (χ0n) is 17.2. The van der Waals surface area contributed by atoms with Crippen LogP contribution < -0.4 is 20.9 Å². The molecule has 160 valence electrons. The number of pyridine rings is 2. The van der Waals surface area contributed by atoms with Gasteiger partial charge in [0.25, 0.3) is 0 Å². The van der Waals surface area contributed by atoms with Crippen LogP contribution in [0.2, 0.25) is 0 Å². The number of nitrogen functional groups attached to an aromatic ring is 2. The van der Waals surface area contributed by atoms with Gasteiger partial charge in [0.15, 0.2) is 0 Å². The molecule has 5 rings (SSSR count). The van der Waals surface area contributed by atoms with Gasteiger partial charge in [0.05, 0.1) is 23.8 Å². The van der Waals surface area contributed by atoms with Crippen LogP contribution in [-0.2, 0) is 13.2 Å². The number of hydrogen-bond acceptors (Lipinski definition) is 8. The summed E-state index contributed by atoms with van der Waals surface area (Å²) in [5, 5.41) is 10.1. The molecular formula is C23H21N7O2. The summed E-state index contributed by atoms with van der Waals surface area (Å²) in [5.41, 5.74) is 14.1. The second-order valence-corrected chi connectivity index (χ2v) is 7.23. The van der Waals surface area contributed by atoms with E-state index in [1.807, 2.05) is 54.7 Å². The lowest BCUT2D eigenvalue weighted by Crippen LogP contribution is -2.09. The van der Waals surface area contributed by atoms with E-state index in [-0.39, 0.29) is 6.61 Å². The van der Waals surface area contributed by atoms with Gasteiger partial charge >= 0.3 is 0 Å². The molecule has 0 saturated heterocycles. The standard InChI is InChI=1S/C23H21N7O2/c24-22-11-20(16-5-1-3-7-18(16)26-22)31-10-9-30-13-15(28-29-30)14-32-21-12-23(25)27-19-8-4-2-6-17(19)21/h1-8,11-13H,9-10,14H2,(H2,24,26)(H2,25,27). The number of nitrogens with two attached hydrogens (primary N) is 2. The van der Waals surface area contributed by atoms with Crippen molar-refractivity contribution in [1.82, 2.24) is 25.0 Å². The van der Waals surface area contributed by atoms with Crippen LogP contribution in [0.3, 0.4) is 0 Å². The zero-order valence-corrected chi connectivity index (χ0v) is 17.2. The van der Waals surface area contributed by atoms with Crippen molar-refractivity contribution in [3.05, 3.63) is 72.6 Å². The van der Waals surface area contributed by atoms with Crippen molar-refractivity contribution in [3.8, 4) is 11.5 Å². The van der Waals surface area contributed by atoms with Crippen LogP contribution in [0.25, 0.3) is 21.8 Å². The van der Waals surface area contributed by atoms with Crippen LogP contribution in [-0.4, -0.2) is 31.6 Å². The molecule has 0 bridgehead atoms. The molecule has 0 spiro atoms. The number of rotatable bonds is 7. The molecule has 9 nitrogen and oxygen atoms in total. The van der Waals surface area contributed by atoms with Gasteiger partial charge in [-0.1, -0.05) is 29.5 Å². The van der Waals surface area contributed by atoms with Crippen molar-refractivity contribution in [2.45, 2.75) is 13.2 Å². The minimum Gasteiger partial charge on any atom is -0.491 e. The first-order valence-corrected chi connectivity index (χ1v) is 10.1. The molecule has 0 aliphatic carbocycles. The Balaban J connectivity index is 1.22. The molecule has 3 aromatic heterocycles. The Morgan fingerprint density at radius 1 is 0.781 bits per heavy atom. The molecule has 4 N–H and O–H groups in total. The highest BCUT2D eigenvalue weighted by Gasteiger charge is 2.09. The number of aromatic nitrogens is 5. The highest BCUT2D eigenvalue weighted by molar-refractivity contribution is 5.87. The van der Waals surface area contributed by atoms with Crippen molar-refractivity contribution >= 4 is 33.4 Å². The zero-order chi connectivity index (χ0) is 21.9. The van der Waals surface area contributed by atoms with Crippen molar-refractivity contribution in [2.24, 2.45) is 0 Å². The van der Waals surface area contributed by atoms with Gasteiger partial charge in [-0.2, -0.15) is 0 Å². The normalized spacial score (nSPS) is 11.1. The second kappa shape index (κ2) is 8.38. The Hall–Kier alpha value is -4.40. The third-order valence-electron chi connectivity index (χ3n) is 4.94. The van der Waals surface area contributed by atoms with Gasteiger partial charge in [-0.25, -0.2) is 14.6 Å². The summed E-state index contributed by atoms with van der Waals surface area (Å²) in [6.45, 7) is 1.19. The fourth-order valence-corrected chi connectivity index (χ4v) is 3.48. The van der Waals surface area contributed by atoms with E-state index < -0.39 is 0 Å². The quantitative estimate of drug-likeness (QED) is 0.405. The van der Waals surface area contributed by atoms with Crippen LogP contribution in [0.4, 0.5) is 11.6 Å². The number of benzene rings is 2. The van der Waals surface area contributed by atoms with E-state index in [4.69, 9.17) is 20.9 Å². The van der Waals surface area contributed by atoms with E-state index >= 15 is 0 Å². The van der Waals surface area contributed by atoms with Gasteiger partial charge in [-0.05, 0) is 24.3 Å². The maximum Gasteiger partial charge on any atom is 0.134 e. The molecule has 0 radical (unpaired) electrons. The maximum absolute atomic E-state index is 5.95. The summed E-state index contributed by atoms with van der Waals surface area (Å²) in [5.74, 6) is 2.18. The van der Waals surface area contributed by atoms with E-state index in [2.05, 4.69) is 20.3 Å². The van der Waals surface area contributed by atoms with Gasteiger partial charge in [0.2, 0.25) is 0 Å². The van der Waals surface area contributed by atoms with E-state index in [1.165, 1.54) is 0 Å². The first kappa shape index (κ1) is 19.6. The number of ether oxygens (including phenoxy) is 2. The number of nitrogens with zero attached hydrogens (tertiary/aromatic N) is 5. The topological polar surface area (TPSA) is 127 Å². The average molecular weight is 427 g/mol.